The number of hydrogen-bond acceptors (Lipinski definition) is 3. The van der Waals surface area contributed by atoms with Crippen LogP contribution in [0.5, 0.6) is 0 Å². The number of pyridine rings is 1. The van der Waals surface area contributed by atoms with Crippen molar-refractivity contribution < 1.29 is 0 Å². The molecule has 0 saturated carbocycles. The van der Waals surface area contributed by atoms with Gasteiger partial charge in [0.25, 0.3) is 0 Å². The topological polar surface area (TPSA) is 39.9 Å². The van der Waals surface area contributed by atoms with Crippen LogP contribution < -0.4 is 4.90 Å². The van der Waals surface area contributed by atoms with E-state index in [1.54, 1.807) is 6.20 Å². The van der Waals surface area contributed by atoms with E-state index in [0.29, 0.717) is 11.6 Å². The maximum Gasteiger partial charge on any atom is 0.129 e. The van der Waals surface area contributed by atoms with Crippen LogP contribution in [-0.2, 0) is 0 Å². The minimum Gasteiger partial charge on any atom is -0.350 e. The second-order valence-corrected chi connectivity index (χ2v) is 5.13. The second-order valence-electron chi connectivity index (χ2n) is 5.13. The van der Waals surface area contributed by atoms with E-state index < -0.39 is 0 Å². The number of anilines is 1. The summed E-state index contributed by atoms with van der Waals surface area (Å²) in [5.41, 5.74) is 1.96. The quantitative estimate of drug-likeness (QED) is 0.829. The van der Waals surface area contributed by atoms with Gasteiger partial charge in [-0.05, 0) is 37.0 Å². The lowest BCUT2D eigenvalue weighted by Crippen LogP contribution is -2.33. The van der Waals surface area contributed by atoms with Crippen molar-refractivity contribution in [1.29, 1.82) is 5.26 Å². The first kappa shape index (κ1) is 12.7. The minimum absolute atomic E-state index is 0.394. The van der Waals surface area contributed by atoms with Gasteiger partial charge in [0, 0.05) is 12.7 Å². The van der Waals surface area contributed by atoms with Gasteiger partial charge in [-0.15, -0.1) is 0 Å². The first-order chi connectivity index (χ1) is 9.88. The van der Waals surface area contributed by atoms with Crippen molar-refractivity contribution in [3.8, 4) is 6.07 Å². The Kier molecular flexibility index (Phi) is 3.64. The number of benzene rings is 1. The summed E-state index contributed by atoms with van der Waals surface area (Å²) in [4.78, 5) is 6.81. The lowest BCUT2D eigenvalue weighted by Gasteiger charge is -2.37. The summed E-state index contributed by atoms with van der Waals surface area (Å²) in [6.45, 7) is 1.03. The zero-order chi connectivity index (χ0) is 13.8. The molecular formula is C17H17N3. The Hall–Kier alpha value is -2.34. The summed E-state index contributed by atoms with van der Waals surface area (Å²) < 4.78 is 0. The predicted molar refractivity (Wildman–Crippen MR) is 79.3 cm³/mol. The number of hydrogen-bond donors (Lipinski definition) is 0. The minimum atomic E-state index is 0.394. The normalized spacial score (nSPS) is 18.6. The van der Waals surface area contributed by atoms with Gasteiger partial charge >= 0.3 is 0 Å². The maximum absolute atomic E-state index is 8.87. The fourth-order valence-corrected chi connectivity index (χ4v) is 2.85. The van der Waals surface area contributed by atoms with Crippen LogP contribution >= 0.6 is 0 Å². The highest BCUT2D eigenvalue weighted by molar-refractivity contribution is 5.45. The zero-order valence-corrected chi connectivity index (χ0v) is 11.4. The Morgan fingerprint density at radius 2 is 1.95 bits per heavy atom. The molecule has 2 heterocycles. The van der Waals surface area contributed by atoms with E-state index in [-0.39, 0.29) is 0 Å². The van der Waals surface area contributed by atoms with Crippen molar-refractivity contribution in [2.24, 2.45) is 0 Å². The van der Waals surface area contributed by atoms with Gasteiger partial charge < -0.3 is 4.90 Å². The molecule has 0 amide bonds. The number of piperidine rings is 1. The monoisotopic (exact) mass is 263 g/mol. The molecular weight excluding hydrogens is 246 g/mol. The smallest absolute Gasteiger partial charge is 0.129 e. The molecule has 2 aromatic rings. The molecule has 0 aliphatic carbocycles. The van der Waals surface area contributed by atoms with E-state index in [1.807, 2.05) is 12.1 Å². The summed E-state index contributed by atoms with van der Waals surface area (Å²) in [5, 5.41) is 8.87. The Morgan fingerprint density at radius 3 is 2.65 bits per heavy atom. The van der Waals surface area contributed by atoms with E-state index in [0.717, 1.165) is 18.8 Å². The largest absolute Gasteiger partial charge is 0.350 e. The summed E-state index contributed by atoms with van der Waals surface area (Å²) in [7, 11) is 0. The molecule has 1 aliphatic heterocycles. The van der Waals surface area contributed by atoms with Crippen LogP contribution in [0.3, 0.4) is 0 Å². The molecule has 1 aromatic heterocycles. The first-order valence-corrected chi connectivity index (χ1v) is 7.06. The molecule has 1 aromatic carbocycles. The molecule has 1 saturated heterocycles. The molecule has 0 radical (unpaired) electrons. The third-order valence-electron chi connectivity index (χ3n) is 3.86. The fraction of sp³-hybridized carbons (Fsp3) is 0.294. The van der Waals surface area contributed by atoms with Crippen molar-refractivity contribution in [1.82, 2.24) is 4.98 Å². The summed E-state index contributed by atoms with van der Waals surface area (Å²) in [6.07, 6.45) is 5.27. The van der Waals surface area contributed by atoms with Gasteiger partial charge in [0.1, 0.15) is 11.9 Å². The van der Waals surface area contributed by atoms with Crippen LogP contribution in [0.4, 0.5) is 5.82 Å². The van der Waals surface area contributed by atoms with E-state index in [2.05, 4.69) is 46.3 Å². The van der Waals surface area contributed by atoms with E-state index >= 15 is 0 Å². The Bertz CT molecular complexity index is 598. The van der Waals surface area contributed by atoms with Crippen molar-refractivity contribution in [3.63, 3.8) is 0 Å². The average Bonchev–Trinajstić information content (AvgIpc) is 2.56. The lowest BCUT2D eigenvalue weighted by atomic mass is 9.95. The van der Waals surface area contributed by atoms with Crippen molar-refractivity contribution in [2.75, 3.05) is 11.4 Å². The molecule has 0 bridgehead atoms. The molecule has 100 valence electrons. The van der Waals surface area contributed by atoms with Gasteiger partial charge in [0.05, 0.1) is 11.6 Å². The molecule has 1 atom stereocenters. The Morgan fingerprint density at radius 1 is 1.10 bits per heavy atom. The highest BCUT2D eigenvalue weighted by Gasteiger charge is 2.24. The van der Waals surface area contributed by atoms with Gasteiger partial charge in [-0.2, -0.15) is 5.26 Å². The lowest BCUT2D eigenvalue weighted by molar-refractivity contribution is 0.469. The third-order valence-corrected chi connectivity index (χ3v) is 3.86. The van der Waals surface area contributed by atoms with E-state index in [9.17, 15) is 0 Å². The van der Waals surface area contributed by atoms with Crippen LogP contribution in [0.1, 0.15) is 36.4 Å². The van der Waals surface area contributed by atoms with Crippen LogP contribution in [0.25, 0.3) is 0 Å². The standard InChI is InChI=1S/C17H17N3/c18-12-14-9-10-17(19-13-14)20-11-5-4-8-16(20)15-6-2-1-3-7-15/h1-3,6-7,9-10,13,16H,4-5,8,11H2/t16-/m0/s1. The zero-order valence-electron chi connectivity index (χ0n) is 11.4. The van der Waals surface area contributed by atoms with Crippen LogP contribution in [0.2, 0.25) is 0 Å². The van der Waals surface area contributed by atoms with Crippen molar-refractivity contribution in [2.45, 2.75) is 25.3 Å². The molecule has 0 N–H and O–H groups in total. The van der Waals surface area contributed by atoms with Crippen LogP contribution in [-0.4, -0.2) is 11.5 Å². The van der Waals surface area contributed by atoms with Gasteiger partial charge in [-0.3, -0.25) is 0 Å². The summed E-state index contributed by atoms with van der Waals surface area (Å²) in [5.74, 6) is 0.970. The fourth-order valence-electron chi connectivity index (χ4n) is 2.85. The number of aromatic nitrogens is 1. The first-order valence-electron chi connectivity index (χ1n) is 7.06. The molecule has 3 heteroatoms. The summed E-state index contributed by atoms with van der Waals surface area (Å²) >= 11 is 0. The SMILES string of the molecule is N#Cc1ccc(N2CCCC[C@H]2c2ccccc2)nc1. The van der Waals surface area contributed by atoms with Gasteiger partial charge in [0.2, 0.25) is 0 Å². The highest BCUT2D eigenvalue weighted by atomic mass is 15.2. The van der Waals surface area contributed by atoms with Crippen molar-refractivity contribution in [3.05, 3.63) is 59.8 Å². The van der Waals surface area contributed by atoms with E-state index in [1.165, 1.54) is 18.4 Å². The molecule has 3 nitrogen and oxygen atoms in total. The van der Waals surface area contributed by atoms with Gasteiger partial charge in [0.15, 0.2) is 0 Å². The Balaban J connectivity index is 1.90. The number of nitriles is 1. The van der Waals surface area contributed by atoms with E-state index in [4.69, 9.17) is 5.26 Å². The third kappa shape index (κ3) is 2.50. The molecule has 0 spiro atoms. The molecule has 1 fully saturated rings. The predicted octanol–water partition coefficient (Wildman–Crippen LogP) is 3.68. The number of rotatable bonds is 2. The average molecular weight is 263 g/mol. The van der Waals surface area contributed by atoms with Gasteiger partial charge in [-0.1, -0.05) is 30.3 Å². The molecule has 3 rings (SSSR count). The second kappa shape index (κ2) is 5.75. The molecule has 20 heavy (non-hydrogen) atoms. The Labute approximate surface area is 119 Å². The highest BCUT2D eigenvalue weighted by Crippen LogP contribution is 2.33. The van der Waals surface area contributed by atoms with Crippen molar-refractivity contribution >= 4 is 5.82 Å². The maximum atomic E-state index is 8.87. The number of nitrogens with zero attached hydrogens (tertiary/aromatic N) is 3. The summed E-state index contributed by atoms with van der Waals surface area (Å²) in [6, 6.07) is 16.9. The molecule has 0 unspecified atom stereocenters. The molecule has 1 aliphatic rings. The van der Waals surface area contributed by atoms with Gasteiger partial charge in [-0.25, -0.2) is 4.98 Å². The van der Waals surface area contributed by atoms with Crippen LogP contribution in [0, 0.1) is 11.3 Å². The van der Waals surface area contributed by atoms with Crippen LogP contribution in [0.15, 0.2) is 48.7 Å².